The molecule has 0 amide bonds. The van der Waals surface area contributed by atoms with Gasteiger partial charge in [-0.05, 0) is 30.2 Å². The van der Waals surface area contributed by atoms with E-state index in [9.17, 15) is 13.2 Å². The lowest BCUT2D eigenvalue weighted by atomic mass is 10.00. The van der Waals surface area contributed by atoms with Gasteiger partial charge in [-0.2, -0.15) is 13.2 Å². The van der Waals surface area contributed by atoms with Crippen molar-refractivity contribution in [2.75, 3.05) is 13.1 Å². The highest BCUT2D eigenvalue weighted by Crippen LogP contribution is 2.24. The summed E-state index contributed by atoms with van der Waals surface area (Å²) in [5, 5.41) is 8.42. The monoisotopic (exact) mass is 465 g/mol. The molecule has 2 aromatic carbocycles. The second-order valence-electron chi connectivity index (χ2n) is 5.56. The Kier molecular flexibility index (Phi) is 8.47. The van der Waals surface area contributed by atoms with Crippen LogP contribution in [0.5, 0.6) is 0 Å². The van der Waals surface area contributed by atoms with Gasteiger partial charge in [-0.15, -0.1) is 24.0 Å². The normalized spacial score (nSPS) is 13.2. The van der Waals surface area contributed by atoms with Crippen molar-refractivity contribution in [1.82, 2.24) is 10.6 Å². The largest absolute Gasteiger partial charge is 0.390 e. The maximum Gasteiger partial charge on any atom is 0.390 e. The highest BCUT2D eigenvalue weighted by atomic mass is 127. The van der Waals surface area contributed by atoms with Crippen molar-refractivity contribution in [3.8, 4) is 0 Å². The molecule has 0 aliphatic carbocycles. The maximum absolute atomic E-state index is 12.3. The smallest absolute Gasteiger partial charge is 0.357 e. The van der Waals surface area contributed by atoms with Gasteiger partial charge in [0, 0.05) is 6.54 Å². The van der Waals surface area contributed by atoms with Gasteiger partial charge in [0.25, 0.3) is 0 Å². The Morgan fingerprint density at radius 1 is 1.12 bits per heavy atom. The molecule has 0 heterocycles. The van der Waals surface area contributed by atoms with E-state index >= 15 is 0 Å². The topological polar surface area (TPSA) is 36.4 Å². The first-order valence-electron chi connectivity index (χ1n) is 8.00. The molecular weight excluding hydrogens is 442 g/mol. The highest BCUT2D eigenvalue weighted by molar-refractivity contribution is 14.0. The van der Waals surface area contributed by atoms with E-state index in [1.165, 1.54) is 0 Å². The molecule has 0 aliphatic rings. The van der Waals surface area contributed by atoms with Crippen molar-refractivity contribution in [3.63, 3.8) is 0 Å². The third-order valence-electron chi connectivity index (χ3n) is 3.65. The van der Waals surface area contributed by atoms with Gasteiger partial charge >= 0.3 is 6.18 Å². The van der Waals surface area contributed by atoms with Crippen LogP contribution in [0.15, 0.2) is 47.5 Å². The zero-order valence-electron chi connectivity index (χ0n) is 14.2. The van der Waals surface area contributed by atoms with Crippen LogP contribution in [0.2, 0.25) is 0 Å². The lowest BCUT2D eigenvalue weighted by Crippen LogP contribution is -2.39. The van der Waals surface area contributed by atoms with E-state index in [4.69, 9.17) is 0 Å². The highest BCUT2D eigenvalue weighted by Gasteiger charge is 2.26. The third-order valence-corrected chi connectivity index (χ3v) is 3.65. The van der Waals surface area contributed by atoms with Gasteiger partial charge in [0.1, 0.15) is 0 Å². The second kappa shape index (κ2) is 9.84. The summed E-state index contributed by atoms with van der Waals surface area (Å²) in [5.41, 5.74) is 1.08. The summed E-state index contributed by atoms with van der Waals surface area (Å²) >= 11 is 0. The molecule has 0 fully saturated rings. The number of nitrogens with one attached hydrogen (secondary N) is 2. The SMILES string of the molecule is CCNC(=NCCC(F)(F)F)NC(C)c1cccc2ccccc12.I. The lowest BCUT2D eigenvalue weighted by Gasteiger charge is -2.20. The van der Waals surface area contributed by atoms with Gasteiger partial charge in [-0.25, -0.2) is 0 Å². The molecular formula is C18H23F3IN3. The molecule has 0 saturated carbocycles. The molecule has 2 rings (SSSR count). The average molecular weight is 465 g/mol. The standard InChI is InChI=1S/C18H22F3N3.HI/c1-3-22-17(23-12-11-18(19,20)21)24-13(2)15-10-6-8-14-7-4-5-9-16(14)15;/h4-10,13H,3,11-12H2,1-2H3,(H2,22,23,24);1H. The number of fused-ring (bicyclic) bond motifs is 1. The van der Waals surface area contributed by atoms with Crippen molar-refractivity contribution in [3.05, 3.63) is 48.0 Å². The minimum absolute atomic E-state index is 0. The Hall–Kier alpha value is -1.51. The minimum Gasteiger partial charge on any atom is -0.357 e. The number of hydrogen-bond donors (Lipinski definition) is 2. The molecule has 25 heavy (non-hydrogen) atoms. The van der Waals surface area contributed by atoms with E-state index < -0.39 is 12.6 Å². The Labute approximate surface area is 163 Å². The van der Waals surface area contributed by atoms with E-state index in [1.807, 2.05) is 56.3 Å². The molecule has 0 saturated heterocycles. The van der Waals surface area contributed by atoms with Crippen molar-refractivity contribution in [2.45, 2.75) is 32.5 Å². The van der Waals surface area contributed by atoms with Crippen molar-refractivity contribution >= 4 is 40.7 Å². The quantitative estimate of drug-likeness (QED) is 0.370. The summed E-state index contributed by atoms with van der Waals surface area (Å²) in [6, 6.07) is 14.0. The fraction of sp³-hybridized carbons (Fsp3) is 0.389. The zero-order valence-corrected chi connectivity index (χ0v) is 16.6. The molecule has 2 aromatic rings. The summed E-state index contributed by atoms with van der Waals surface area (Å²) < 4.78 is 36.9. The minimum atomic E-state index is -4.19. The van der Waals surface area contributed by atoms with E-state index in [-0.39, 0.29) is 36.6 Å². The predicted octanol–water partition coefficient (Wildman–Crippen LogP) is 5.03. The van der Waals surface area contributed by atoms with E-state index in [0.29, 0.717) is 12.5 Å². The van der Waals surface area contributed by atoms with Crippen LogP contribution in [-0.2, 0) is 0 Å². The summed E-state index contributed by atoms with van der Waals surface area (Å²) in [6.45, 7) is 4.14. The number of hydrogen-bond acceptors (Lipinski definition) is 1. The number of halogens is 4. The first-order chi connectivity index (χ1) is 11.4. The van der Waals surface area contributed by atoms with Crippen LogP contribution in [0.1, 0.15) is 31.9 Å². The first-order valence-corrected chi connectivity index (χ1v) is 8.00. The van der Waals surface area contributed by atoms with Crippen LogP contribution in [0.25, 0.3) is 10.8 Å². The molecule has 2 N–H and O–H groups in total. The lowest BCUT2D eigenvalue weighted by molar-refractivity contribution is -0.132. The fourth-order valence-electron chi connectivity index (χ4n) is 2.53. The molecule has 0 aromatic heterocycles. The van der Waals surface area contributed by atoms with Gasteiger partial charge in [0.15, 0.2) is 5.96 Å². The number of aliphatic imine (C=N–C) groups is 1. The Balaban J connectivity index is 0.00000312. The Bertz CT molecular complexity index is 696. The third kappa shape index (κ3) is 6.72. The molecule has 0 spiro atoms. The molecule has 138 valence electrons. The summed E-state index contributed by atoms with van der Waals surface area (Å²) in [7, 11) is 0. The number of rotatable bonds is 5. The molecule has 1 unspecified atom stereocenters. The number of benzene rings is 2. The first kappa shape index (κ1) is 21.5. The summed E-state index contributed by atoms with van der Waals surface area (Å²) in [6.07, 6.45) is -5.12. The van der Waals surface area contributed by atoms with Crippen molar-refractivity contribution in [2.24, 2.45) is 4.99 Å². The van der Waals surface area contributed by atoms with Crippen LogP contribution in [0, 0.1) is 0 Å². The molecule has 1 atom stereocenters. The molecule has 3 nitrogen and oxygen atoms in total. The van der Waals surface area contributed by atoms with E-state index in [1.54, 1.807) is 0 Å². The predicted molar refractivity (Wildman–Crippen MR) is 108 cm³/mol. The molecule has 0 bridgehead atoms. The van der Waals surface area contributed by atoms with Gasteiger partial charge < -0.3 is 10.6 Å². The second-order valence-corrected chi connectivity index (χ2v) is 5.56. The molecule has 0 aliphatic heterocycles. The van der Waals surface area contributed by atoms with Crippen LogP contribution in [0.4, 0.5) is 13.2 Å². The van der Waals surface area contributed by atoms with E-state index in [2.05, 4.69) is 15.6 Å². The Morgan fingerprint density at radius 3 is 2.48 bits per heavy atom. The van der Waals surface area contributed by atoms with Crippen LogP contribution >= 0.6 is 24.0 Å². The number of guanidine groups is 1. The summed E-state index contributed by atoms with van der Waals surface area (Å²) in [5.74, 6) is 0.391. The molecule has 0 radical (unpaired) electrons. The Morgan fingerprint density at radius 2 is 1.80 bits per heavy atom. The van der Waals surface area contributed by atoms with Gasteiger partial charge in [-0.1, -0.05) is 42.5 Å². The van der Waals surface area contributed by atoms with Crippen molar-refractivity contribution < 1.29 is 13.2 Å². The zero-order chi connectivity index (χ0) is 17.6. The number of nitrogens with zero attached hydrogens (tertiary/aromatic N) is 1. The average Bonchev–Trinajstić information content (AvgIpc) is 2.53. The van der Waals surface area contributed by atoms with Crippen LogP contribution in [0.3, 0.4) is 0 Å². The van der Waals surface area contributed by atoms with Crippen LogP contribution < -0.4 is 10.6 Å². The van der Waals surface area contributed by atoms with Gasteiger partial charge in [0.05, 0.1) is 19.0 Å². The van der Waals surface area contributed by atoms with Crippen molar-refractivity contribution in [1.29, 1.82) is 0 Å². The molecule has 7 heteroatoms. The van der Waals surface area contributed by atoms with Crippen LogP contribution in [-0.4, -0.2) is 25.2 Å². The van der Waals surface area contributed by atoms with Gasteiger partial charge in [0.2, 0.25) is 0 Å². The van der Waals surface area contributed by atoms with E-state index in [0.717, 1.165) is 16.3 Å². The summed E-state index contributed by atoms with van der Waals surface area (Å²) in [4.78, 5) is 4.02. The fourth-order valence-corrected chi connectivity index (χ4v) is 2.53. The number of alkyl halides is 3. The maximum atomic E-state index is 12.3. The van der Waals surface area contributed by atoms with Gasteiger partial charge in [-0.3, -0.25) is 4.99 Å².